The molecule has 0 aliphatic rings. The fraction of sp³-hybridized carbons (Fsp3) is 0.800. The van der Waals surface area contributed by atoms with Crippen LogP contribution in [0.5, 0.6) is 0 Å². The zero-order chi connectivity index (χ0) is 12.4. The van der Waals surface area contributed by atoms with Gasteiger partial charge < -0.3 is 20.3 Å². The molecule has 0 spiro atoms. The number of carbonyl (C=O) groups is 2. The Labute approximate surface area is 96.3 Å². The van der Waals surface area contributed by atoms with E-state index in [1.807, 2.05) is 0 Å². The molecule has 2 amide bonds. The van der Waals surface area contributed by atoms with Crippen molar-refractivity contribution in [3.8, 4) is 0 Å². The van der Waals surface area contributed by atoms with E-state index in [0.717, 1.165) is 6.42 Å². The fourth-order valence-corrected chi connectivity index (χ4v) is 1.09. The second-order valence-electron chi connectivity index (χ2n) is 3.48. The molecule has 0 aliphatic carbocycles. The number of hydrogen-bond acceptors (Lipinski definition) is 4. The van der Waals surface area contributed by atoms with E-state index < -0.39 is 0 Å². The quantitative estimate of drug-likeness (QED) is 0.516. The molecule has 0 saturated carbocycles. The van der Waals surface area contributed by atoms with Crippen LogP contribution in [0, 0.1) is 0 Å². The number of rotatable bonds is 8. The summed E-state index contributed by atoms with van der Waals surface area (Å²) in [6, 6.07) is 0. The molecular weight excluding hydrogens is 210 g/mol. The Morgan fingerprint density at radius 2 is 2.06 bits per heavy atom. The van der Waals surface area contributed by atoms with E-state index in [0.29, 0.717) is 13.2 Å². The molecule has 16 heavy (non-hydrogen) atoms. The number of amides is 2. The zero-order valence-electron chi connectivity index (χ0n) is 10.2. The van der Waals surface area contributed by atoms with Gasteiger partial charge in [-0.15, -0.1) is 0 Å². The second-order valence-corrected chi connectivity index (χ2v) is 3.48. The van der Waals surface area contributed by atoms with E-state index in [1.54, 1.807) is 21.2 Å². The van der Waals surface area contributed by atoms with Crippen LogP contribution < -0.4 is 10.6 Å². The molecule has 0 aromatic rings. The predicted octanol–water partition coefficient (Wildman–Crippen LogP) is -1.18. The molecule has 0 radical (unpaired) electrons. The zero-order valence-corrected chi connectivity index (χ0v) is 10.2. The number of ether oxygens (including phenoxy) is 1. The van der Waals surface area contributed by atoms with Crippen molar-refractivity contribution in [3.63, 3.8) is 0 Å². The van der Waals surface area contributed by atoms with E-state index in [9.17, 15) is 9.59 Å². The van der Waals surface area contributed by atoms with Crippen LogP contribution in [0.4, 0.5) is 0 Å². The van der Waals surface area contributed by atoms with E-state index in [1.165, 1.54) is 4.90 Å². The van der Waals surface area contributed by atoms with Crippen LogP contribution in [0.3, 0.4) is 0 Å². The third-order valence-electron chi connectivity index (χ3n) is 1.98. The Hall–Kier alpha value is -1.14. The SMILES string of the molecule is CNCC(=O)N(C)CC(=O)NCCCOC. The van der Waals surface area contributed by atoms with Gasteiger partial charge in [0.25, 0.3) is 0 Å². The molecule has 2 N–H and O–H groups in total. The topological polar surface area (TPSA) is 70.7 Å². The number of nitrogens with zero attached hydrogens (tertiary/aromatic N) is 1. The van der Waals surface area contributed by atoms with Crippen molar-refractivity contribution in [3.05, 3.63) is 0 Å². The van der Waals surface area contributed by atoms with Gasteiger partial charge in [-0.25, -0.2) is 0 Å². The summed E-state index contributed by atoms with van der Waals surface area (Å²) in [5, 5.41) is 5.45. The lowest BCUT2D eigenvalue weighted by molar-refractivity contribution is -0.133. The standard InChI is InChI=1S/C10H21N3O3/c1-11-7-10(15)13(2)8-9(14)12-5-4-6-16-3/h11H,4-8H2,1-3H3,(H,12,14). The van der Waals surface area contributed by atoms with Gasteiger partial charge in [-0.1, -0.05) is 0 Å². The van der Waals surface area contributed by atoms with Crippen molar-refractivity contribution in [2.24, 2.45) is 0 Å². The summed E-state index contributed by atoms with van der Waals surface area (Å²) in [5.74, 6) is -0.252. The van der Waals surface area contributed by atoms with Crippen LogP contribution in [-0.4, -0.2) is 64.2 Å². The Bertz CT molecular complexity index is 221. The van der Waals surface area contributed by atoms with Crippen molar-refractivity contribution in [1.29, 1.82) is 0 Å². The molecule has 0 fully saturated rings. The largest absolute Gasteiger partial charge is 0.385 e. The third-order valence-corrected chi connectivity index (χ3v) is 1.98. The van der Waals surface area contributed by atoms with Crippen LogP contribution in [0.15, 0.2) is 0 Å². The van der Waals surface area contributed by atoms with Crippen LogP contribution in [0.25, 0.3) is 0 Å². The Kier molecular flexibility index (Phi) is 8.46. The summed E-state index contributed by atoms with van der Waals surface area (Å²) < 4.78 is 4.85. The minimum absolute atomic E-state index is 0.0908. The lowest BCUT2D eigenvalue weighted by Gasteiger charge is -2.16. The van der Waals surface area contributed by atoms with E-state index in [2.05, 4.69) is 10.6 Å². The average molecular weight is 231 g/mol. The van der Waals surface area contributed by atoms with Crippen LogP contribution >= 0.6 is 0 Å². The fourth-order valence-electron chi connectivity index (χ4n) is 1.09. The van der Waals surface area contributed by atoms with Gasteiger partial charge in [0.1, 0.15) is 0 Å². The summed E-state index contributed by atoms with van der Waals surface area (Å²) in [4.78, 5) is 24.1. The highest BCUT2D eigenvalue weighted by Crippen LogP contribution is 1.84. The Morgan fingerprint density at radius 3 is 2.62 bits per heavy atom. The van der Waals surface area contributed by atoms with Crippen LogP contribution in [0.1, 0.15) is 6.42 Å². The number of likely N-dealkylation sites (N-methyl/N-ethyl adjacent to an activating group) is 2. The van der Waals surface area contributed by atoms with Gasteiger partial charge in [0, 0.05) is 27.3 Å². The molecule has 0 rings (SSSR count). The lowest BCUT2D eigenvalue weighted by atomic mass is 10.4. The van der Waals surface area contributed by atoms with Gasteiger partial charge in [-0.05, 0) is 13.5 Å². The molecule has 0 unspecified atom stereocenters. The van der Waals surface area contributed by atoms with Crippen molar-refractivity contribution in [2.45, 2.75) is 6.42 Å². The number of carbonyl (C=O) groups excluding carboxylic acids is 2. The summed E-state index contributed by atoms with van der Waals surface area (Å²) in [6.07, 6.45) is 0.774. The van der Waals surface area contributed by atoms with Crippen LogP contribution in [0.2, 0.25) is 0 Å². The monoisotopic (exact) mass is 231 g/mol. The van der Waals surface area contributed by atoms with Crippen molar-refractivity contribution in [2.75, 3.05) is 47.4 Å². The summed E-state index contributed by atoms with van der Waals surface area (Å²) >= 11 is 0. The molecule has 0 aromatic carbocycles. The molecule has 0 aliphatic heterocycles. The van der Waals surface area contributed by atoms with Gasteiger partial charge in [-0.3, -0.25) is 9.59 Å². The number of hydrogen-bond donors (Lipinski definition) is 2. The minimum Gasteiger partial charge on any atom is -0.385 e. The molecule has 6 heteroatoms. The average Bonchev–Trinajstić information content (AvgIpc) is 2.24. The predicted molar refractivity (Wildman–Crippen MR) is 61.1 cm³/mol. The lowest BCUT2D eigenvalue weighted by Crippen LogP contribution is -2.41. The molecule has 6 nitrogen and oxygen atoms in total. The third kappa shape index (κ3) is 7.19. The van der Waals surface area contributed by atoms with Crippen molar-refractivity contribution in [1.82, 2.24) is 15.5 Å². The first-order valence-electron chi connectivity index (χ1n) is 5.26. The minimum atomic E-state index is -0.150. The van der Waals surface area contributed by atoms with Crippen LogP contribution in [-0.2, 0) is 14.3 Å². The highest BCUT2D eigenvalue weighted by molar-refractivity contribution is 5.85. The molecule has 0 heterocycles. The number of nitrogens with one attached hydrogen (secondary N) is 2. The summed E-state index contributed by atoms with van der Waals surface area (Å²) in [7, 11) is 4.91. The smallest absolute Gasteiger partial charge is 0.239 e. The Balaban J connectivity index is 3.65. The molecule has 0 atom stereocenters. The van der Waals surface area contributed by atoms with Gasteiger partial charge >= 0.3 is 0 Å². The number of methoxy groups -OCH3 is 1. The second kappa shape index (κ2) is 9.11. The maximum Gasteiger partial charge on any atom is 0.239 e. The first-order chi connectivity index (χ1) is 7.61. The van der Waals surface area contributed by atoms with Crippen molar-refractivity contribution < 1.29 is 14.3 Å². The maximum atomic E-state index is 11.4. The van der Waals surface area contributed by atoms with Gasteiger partial charge in [0.15, 0.2) is 0 Å². The van der Waals surface area contributed by atoms with E-state index in [4.69, 9.17) is 4.74 Å². The highest BCUT2D eigenvalue weighted by atomic mass is 16.5. The summed E-state index contributed by atoms with van der Waals surface area (Å²) in [6.45, 7) is 1.52. The first kappa shape index (κ1) is 14.9. The van der Waals surface area contributed by atoms with Gasteiger partial charge in [-0.2, -0.15) is 0 Å². The molecule has 0 aromatic heterocycles. The molecule has 0 saturated heterocycles. The normalized spacial score (nSPS) is 9.94. The van der Waals surface area contributed by atoms with Gasteiger partial charge in [0.2, 0.25) is 11.8 Å². The molecular formula is C10H21N3O3. The highest BCUT2D eigenvalue weighted by Gasteiger charge is 2.11. The van der Waals surface area contributed by atoms with Crippen molar-refractivity contribution >= 4 is 11.8 Å². The van der Waals surface area contributed by atoms with Gasteiger partial charge in [0.05, 0.1) is 13.1 Å². The summed E-state index contributed by atoms with van der Waals surface area (Å²) in [5.41, 5.74) is 0. The maximum absolute atomic E-state index is 11.4. The van der Waals surface area contributed by atoms with E-state index in [-0.39, 0.29) is 24.9 Å². The Morgan fingerprint density at radius 1 is 1.38 bits per heavy atom. The molecule has 94 valence electrons. The van der Waals surface area contributed by atoms with E-state index >= 15 is 0 Å². The first-order valence-corrected chi connectivity index (χ1v) is 5.26. The molecule has 0 bridgehead atoms.